The summed E-state index contributed by atoms with van der Waals surface area (Å²) in [5.74, 6) is -1.43. The van der Waals surface area contributed by atoms with Crippen LogP contribution in [-0.4, -0.2) is 63.0 Å². The molecule has 0 saturated heterocycles. The van der Waals surface area contributed by atoms with Crippen molar-refractivity contribution < 1.29 is 22.0 Å². The van der Waals surface area contributed by atoms with Crippen molar-refractivity contribution in [1.29, 1.82) is 0 Å². The van der Waals surface area contributed by atoms with Crippen LogP contribution in [0.3, 0.4) is 0 Å². The minimum Gasteiger partial charge on any atom is -0.409 e. The molecular weight excluding hydrogens is 294 g/mol. The monoisotopic (exact) mass is 315 g/mol. The number of sulfone groups is 1. The third-order valence-corrected chi connectivity index (χ3v) is 5.67. The van der Waals surface area contributed by atoms with E-state index in [1.807, 2.05) is 0 Å². The highest BCUT2D eigenvalue weighted by Crippen LogP contribution is 2.07. The number of hydrogen-bond donors (Lipinski definition) is 2. The van der Waals surface area contributed by atoms with Gasteiger partial charge in [0.15, 0.2) is 0 Å². The number of hydrogen-bond acceptors (Lipinski definition) is 6. The van der Waals surface area contributed by atoms with E-state index in [0.717, 1.165) is 10.6 Å². The van der Waals surface area contributed by atoms with Gasteiger partial charge in [0, 0.05) is 25.3 Å². The predicted octanol–water partition coefficient (Wildman–Crippen LogP) is -0.935. The summed E-state index contributed by atoms with van der Waals surface area (Å²) in [6.45, 7) is 3.48. The molecule has 0 aromatic heterocycles. The first kappa shape index (κ1) is 18.1. The van der Waals surface area contributed by atoms with E-state index in [4.69, 9.17) is 10.9 Å². The van der Waals surface area contributed by atoms with E-state index in [2.05, 4.69) is 5.16 Å². The van der Waals surface area contributed by atoms with Crippen LogP contribution in [0.1, 0.15) is 13.8 Å². The average molecular weight is 315 g/mol. The van der Waals surface area contributed by atoms with Crippen molar-refractivity contribution in [2.24, 2.45) is 16.8 Å². The highest BCUT2D eigenvalue weighted by molar-refractivity contribution is 7.93. The summed E-state index contributed by atoms with van der Waals surface area (Å²) < 4.78 is 47.1. The Bertz CT molecular complexity index is 512. The van der Waals surface area contributed by atoms with E-state index >= 15 is 0 Å². The van der Waals surface area contributed by atoms with Gasteiger partial charge in [-0.25, -0.2) is 21.1 Å². The number of amidine groups is 1. The molecule has 3 N–H and O–H groups in total. The maximum Gasteiger partial charge on any atom is 0.215 e. The molecule has 0 fully saturated rings. The molecular formula is C9H21N3O5S2. The van der Waals surface area contributed by atoms with Crippen LogP contribution in [0.25, 0.3) is 0 Å². The molecule has 0 aromatic carbocycles. The predicted molar refractivity (Wildman–Crippen MR) is 73.3 cm³/mol. The van der Waals surface area contributed by atoms with Gasteiger partial charge in [0.1, 0.15) is 15.7 Å². The van der Waals surface area contributed by atoms with Gasteiger partial charge in [-0.2, -0.15) is 0 Å². The Hall–Kier alpha value is -0.870. The molecule has 0 aliphatic heterocycles. The molecule has 1 atom stereocenters. The van der Waals surface area contributed by atoms with E-state index < -0.39 is 37.3 Å². The number of oxime groups is 1. The molecule has 0 radical (unpaired) electrons. The third-order valence-electron chi connectivity index (χ3n) is 2.56. The van der Waals surface area contributed by atoms with Gasteiger partial charge in [-0.05, 0) is 0 Å². The lowest BCUT2D eigenvalue weighted by atomic mass is 10.1. The van der Waals surface area contributed by atoms with Gasteiger partial charge in [0.05, 0.1) is 11.5 Å². The molecule has 0 aliphatic rings. The van der Waals surface area contributed by atoms with E-state index in [-0.39, 0.29) is 18.9 Å². The zero-order chi connectivity index (χ0) is 15.3. The van der Waals surface area contributed by atoms with E-state index in [1.165, 1.54) is 0 Å². The Morgan fingerprint density at radius 1 is 1.32 bits per heavy atom. The van der Waals surface area contributed by atoms with Crippen molar-refractivity contribution in [3.63, 3.8) is 0 Å². The molecule has 0 spiro atoms. The van der Waals surface area contributed by atoms with Crippen LogP contribution in [0, 0.1) is 5.92 Å². The maximum absolute atomic E-state index is 12.0. The van der Waals surface area contributed by atoms with Gasteiger partial charge in [-0.1, -0.05) is 19.0 Å². The standard InChI is InChI=1S/C9H21N3O5S2/c1-4-12(7-8(2)9(10)11-13)19(16,17)6-5-18(3,14)15/h8,13H,4-7H2,1-3H3,(H2,10,11). The summed E-state index contributed by atoms with van der Waals surface area (Å²) in [6, 6.07) is 0. The quantitative estimate of drug-likeness (QED) is 0.257. The second kappa shape index (κ2) is 7.06. The highest BCUT2D eigenvalue weighted by atomic mass is 32.2. The highest BCUT2D eigenvalue weighted by Gasteiger charge is 2.25. The second-order valence-corrected chi connectivity index (χ2v) is 8.67. The topological polar surface area (TPSA) is 130 Å². The van der Waals surface area contributed by atoms with Crippen molar-refractivity contribution in [3.8, 4) is 0 Å². The molecule has 10 heteroatoms. The van der Waals surface area contributed by atoms with Gasteiger partial charge in [0.2, 0.25) is 10.0 Å². The summed E-state index contributed by atoms with van der Waals surface area (Å²) in [4.78, 5) is 0. The van der Waals surface area contributed by atoms with Crippen LogP contribution in [0.2, 0.25) is 0 Å². The van der Waals surface area contributed by atoms with Crippen LogP contribution in [0.15, 0.2) is 5.16 Å². The van der Waals surface area contributed by atoms with Gasteiger partial charge in [0.25, 0.3) is 0 Å². The summed E-state index contributed by atoms with van der Waals surface area (Å²) in [6.07, 6.45) is 0.984. The lowest BCUT2D eigenvalue weighted by Crippen LogP contribution is -2.40. The van der Waals surface area contributed by atoms with Crippen molar-refractivity contribution >= 4 is 25.7 Å². The largest absolute Gasteiger partial charge is 0.409 e. The molecule has 0 aromatic rings. The zero-order valence-electron chi connectivity index (χ0n) is 11.3. The Labute approximate surface area is 114 Å². The Morgan fingerprint density at radius 2 is 1.84 bits per heavy atom. The molecule has 0 bridgehead atoms. The number of rotatable bonds is 8. The summed E-state index contributed by atoms with van der Waals surface area (Å²) >= 11 is 0. The van der Waals surface area contributed by atoms with E-state index in [0.29, 0.717) is 0 Å². The zero-order valence-corrected chi connectivity index (χ0v) is 12.9. The molecule has 8 nitrogen and oxygen atoms in total. The summed E-state index contributed by atoms with van der Waals surface area (Å²) in [5.41, 5.74) is 5.39. The fourth-order valence-electron chi connectivity index (χ4n) is 1.32. The third kappa shape index (κ3) is 6.73. The molecule has 0 aliphatic carbocycles. The van der Waals surface area contributed by atoms with Crippen LogP contribution >= 0.6 is 0 Å². The maximum atomic E-state index is 12.0. The van der Waals surface area contributed by atoms with Crippen LogP contribution < -0.4 is 5.73 Å². The fraction of sp³-hybridized carbons (Fsp3) is 0.889. The Kier molecular flexibility index (Phi) is 6.73. The first-order chi connectivity index (χ1) is 8.53. The summed E-state index contributed by atoms with van der Waals surface area (Å²) in [7, 11) is -7.02. The molecule has 114 valence electrons. The van der Waals surface area contributed by atoms with Crippen LogP contribution in [0.5, 0.6) is 0 Å². The average Bonchev–Trinajstić information content (AvgIpc) is 2.31. The molecule has 0 amide bonds. The van der Waals surface area contributed by atoms with Crippen LogP contribution in [0.4, 0.5) is 0 Å². The van der Waals surface area contributed by atoms with E-state index in [1.54, 1.807) is 13.8 Å². The molecule has 0 heterocycles. The van der Waals surface area contributed by atoms with Crippen molar-refractivity contribution in [1.82, 2.24) is 4.31 Å². The minimum atomic E-state index is -3.68. The van der Waals surface area contributed by atoms with Gasteiger partial charge < -0.3 is 10.9 Å². The number of sulfonamides is 1. The van der Waals surface area contributed by atoms with Crippen molar-refractivity contribution in [2.75, 3.05) is 30.9 Å². The SMILES string of the molecule is CCN(CC(C)C(N)=NO)S(=O)(=O)CCS(C)(=O)=O. The Morgan fingerprint density at radius 3 is 2.21 bits per heavy atom. The molecule has 0 saturated carbocycles. The second-order valence-electron chi connectivity index (χ2n) is 4.32. The summed E-state index contributed by atoms with van der Waals surface area (Å²) in [5, 5.41) is 11.3. The first-order valence-electron chi connectivity index (χ1n) is 5.66. The normalized spacial score (nSPS) is 15.7. The van der Waals surface area contributed by atoms with Gasteiger partial charge >= 0.3 is 0 Å². The van der Waals surface area contributed by atoms with Gasteiger partial charge in [-0.15, -0.1) is 0 Å². The molecule has 0 rings (SSSR count). The first-order valence-corrected chi connectivity index (χ1v) is 9.33. The lowest BCUT2D eigenvalue weighted by molar-refractivity contribution is 0.311. The van der Waals surface area contributed by atoms with Crippen molar-refractivity contribution in [3.05, 3.63) is 0 Å². The van der Waals surface area contributed by atoms with E-state index in [9.17, 15) is 16.8 Å². The fourth-order valence-corrected chi connectivity index (χ4v) is 4.48. The van der Waals surface area contributed by atoms with Gasteiger partial charge in [-0.3, -0.25) is 0 Å². The van der Waals surface area contributed by atoms with Crippen molar-refractivity contribution in [2.45, 2.75) is 13.8 Å². The minimum absolute atomic E-state index is 0.0402. The molecule has 19 heavy (non-hydrogen) atoms. The lowest BCUT2D eigenvalue weighted by Gasteiger charge is -2.23. The number of nitrogens with two attached hydrogens (primary N) is 1. The molecule has 1 unspecified atom stereocenters. The Balaban J connectivity index is 4.85. The smallest absolute Gasteiger partial charge is 0.215 e. The number of nitrogens with zero attached hydrogens (tertiary/aromatic N) is 2. The van der Waals surface area contributed by atoms with Crippen LogP contribution in [-0.2, 0) is 19.9 Å².